The van der Waals surface area contributed by atoms with Crippen LogP contribution in [0.25, 0.3) is 10.2 Å². The number of likely N-dealkylation sites (N-methyl/N-ethyl adjacent to an activating group) is 1. The maximum absolute atomic E-state index is 13.5. The first kappa shape index (κ1) is 24.1. The van der Waals surface area contributed by atoms with Crippen molar-refractivity contribution in [2.75, 3.05) is 37.7 Å². The lowest BCUT2D eigenvalue weighted by Gasteiger charge is -2.25. The van der Waals surface area contributed by atoms with Crippen molar-refractivity contribution in [1.29, 1.82) is 0 Å². The molecule has 3 rings (SSSR count). The zero-order chi connectivity index (χ0) is 20.8. The Labute approximate surface area is 189 Å². The number of ether oxygens (including phenoxy) is 1. The molecule has 0 spiro atoms. The van der Waals surface area contributed by atoms with Crippen LogP contribution in [0, 0.1) is 6.92 Å². The molecule has 0 aliphatic heterocycles. The van der Waals surface area contributed by atoms with Gasteiger partial charge in [-0.15, -0.1) is 12.4 Å². The van der Waals surface area contributed by atoms with Crippen LogP contribution in [-0.4, -0.2) is 48.6 Å². The standard InChI is InChI=1S/C23H29N3O2S.ClH/c1-5-25(6-2)15-16-26(22(27)18-12-9-8-11-17(18)4)23-24-21-19(28-7-3)13-10-14-20(21)29-23;/h8-14H,5-7,15-16H2,1-4H3;1H. The van der Waals surface area contributed by atoms with E-state index in [1.54, 1.807) is 0 Å². The molecule has 162 valence electrons. The van der Waals surface area contributed by atoms with E-state index in [9.17, 15) is 4.79 Å². The van der Waals surface area contributed by atoms with Crippen LogP contribution < -0.4 is 9.64 Å². The number of rotatable bonds is 9. The Morgan fingerprint density at radius 1 is 1.03 bits per heavy atom. The summed E-state index contributed by atoms with van der Waals surface area (Å²) < 4.78 is 6.77. The van der Waals surface area contributed by atoms with E-state index < -0.39 is 0 Å². The number of carbonyl (C=O) groups excluding carboxylic acids is 1. The highest BCUT2D eigenvalue weighted by Gasteiger charge is 2.23. The van der Waals surface area contributed by atoms with Crippen LogP contribution in [0.15, 0.2) is 42.5 Å². The second-order valence-electron chi connectivity index (χ2n) is 6.83. The molecule has 0 N–H and O–H groups in total. The molecule has 0 aliphatic carbocycles. The number of aromatic nitrogens is 1. The summed E-state index contributed by atoms with van der Waals surface area (Å²) in [4.78, 5) is 22.4. The van der Waals surface area contributed by atoms with Gasteiger partial charge >= 0.3 is 0 Å². The van der Waals surface area contributed by atoms with Crippen LogP contribution in [0.2, 0.25) is 0 Å². The first-order chi connectivity index (χ1) is 14.1. The molecule has 1 amide bonds. The van der Waals surface area contributed by atoms with Gasteiger partial charge in [-0.25, -0.2) is 4.98 Å². The summed E-state index contributed by atoms with van der Waals surface area (Å²) in [6, 6.07) is 13.7. The minimum Gasteiger partial charge on any atom is -0.492 e. The third kappa shape index (κ3) is 5.31. The molecular formula is C23H30ClN3O2S. The van der Waals surface area contributed by atoms with E-state index in [4.69, 9.17) is 9.72 Å². The maximum Gasteiger partial charge on any atom is 0.260 e. The second kappa shape index (κ2) is 11.3. The lowest BCUT2D eigenvalue weighted by Crippen LogP contribution is -2.39. The summed E-state index contributed by atoms with van der Waals surface area (Å²) >= 11 is 1.54. The molecule has 3 aromatic rings. The summed E-state index contributed by atoms with van der Waals surface area (Å²) in [7, 11) is 0. The minimum absolute atomic E-state index is 0. The number of hydrogen-bond donors (Lipinski definition) is 0. The summed E-state index contributed by atoms with van der Waals surface area (Å²) in [5.41, 5.74) is 2.51. The van der Waals surface area contributed by atoms with Crippen LogP contribution in [0.4, 0.5) is 5.13 Å². The van der Waals surface area contributed by atoms with Crippen LogP contribution in [0.3, 0.4) is 0 Å². The fraction of sp³-hybridized carbons (Fsp3) is 0.391. The highest BCUT2D eigenvalue weighted by Crippen LogP contribution is 2.35. The first-order valence-electron chi connectivity index (χ1n) is 10.2. The molecule has 0 unspecified atom stereocenters. The van der Waals surface area contributed by atoms with E-state index in [1.165, 1.54) is 11.3 Å². The number of nitrogens with zero attached hydrogens (tertiary/aromatic N) is 3. The average molecular weight is 448 g/mol. The third-order valence-electron chi connectivity index (χ3n) is 5.06. The highest BCUT2D eigenvalue weighted by molar-refractivity contribution is 7.22. The van der Waals surface area contributed by atoms with Gasteiger partial charge in [0.25, 0.3) is 5.91 Å². The van der Waals surface area contributed by atoms with Crippen LogP contribution in [-0.2, 0) is 0 Å². The predicted octanol–water partition coefficient (Wildman–Crippen LogP) is 5.41. The fourth-order valence-corrected chi connectivity index (χ4v) is 4.33. The molecule has 0 radical (unpaired) electrons. The Morgan fingerprint density at radius 2 is 1.77 bits per heavy atom. The number of fused-ring (bicyclic) bond motifs is 1. The van der Waals surface area contributed by atoms with Gasteiger partial charge in [0.15, 0.2) is 5.13 Å². The number of para-hydroxylation sites is 1. The zero-order valence-electron chi connectivity index (χ0n) is 18.1. The molecule has 5 nitrogen and oxygen atoms in total. The van der Waals surface area contributed by atoms with Crippen LogP contribution in [0.5, 0.6) is 5.75 Å². The van der Waals surface area contributed by atoms with Crippen LogP contribution >= 0.6 is 23.7 Å². The van der Waals surface area contributed by atoms with Gasteiger partial charge < -0.3 is 9.64 Å². The summed E-state index contributed by atoms with van der Waals surface area (Å²) in [5, 5.41) is 0.715. The Kier molecular flexibility index (Phi) is 9.08. The number of amides is 1. The maximum atomic E-state index is 13.5. The van der Waals surface area contributed by atoms with Crippen molar-refractivity contribution >= 4 is 45.0 Å². The lowest BCUT2D eigenvalue weighted by molar-refractivity contribution is 0.0983. The van der Waals surface area contributed by atoms with Gasteiger partial charge in [0.1, 0.15) is 11.3 Å². The fourth-order valence-electron chi connectivity index (χ4n) is 3.32. The molecular weight excluding hydrogens is 418 g/mol. The van der Waals surface area contributed by atoms with Crippen molar-refractivity contribution in [2.24, 2.45) is 0 Å². The lowest BCUT2D eigenvalue weighted by atomic mass is 10.1. The number of hydrogen-bond acceptors (Lipinski definition) is 5. The Hall–Kier alpha value is -2.15. The zero-order valence-corrected chi connectivity index (χ0v) is 19.7. The SMILES string of the molecule is CCOc1cccc2sc(N(CCN(CC)CC)C(=O)c3ccccc3C)nc12.Cl. The van der Waals surface area contributed by atoms with E-state index in [-0.39, 0.29) is 18.3 Å². The highest BCUT2D eigenvalue weighted by atomic mass is 35.5. The Morgan fingerprint density at radius 3 is 2.43 bits per heavy atom. The van der Waals surface area contributed by atoms with E-state index in [2.05, 4.69) is 18.7 Å². The summed E-state index contributed by atoms with van der Waals surface area (Å²) in [6.07, 6.45) is 0. The van der Waals surface area contributed by atoms with Gasteiger partial charge in [-0.1, -0.05) is 49.4 Å². The van der Waals surface area contributed by atoms with Gasteiger partial charge in [0.2, 0.25) is 0 Å². The summed E-state index contributed by atoms with van der Waals surface area (Å²) in [6.45, 7) is 12.1. The third-order valence-corrected chi connectivity index (χ3v) is 6.10. The van der Waals surface area contributed by atoms with Crippen molar-refractivity contribution in [2.45, 2.75) is 27.7 Å². The van der Waals surface area contributed by atoms with Crippen molar-refractivity contribution in [3.8, 4) is 5.75 Å². The van der Waals surface area contributed by atoms with Crippen molar-refractivity contribution in [1.82, 2.24) is 9.88 Å². The summed E-state index contributed by atoms with van der Waals surface area (Å²) in [5.74, 6) is 0.756. The van der Waals surface area contributed by atoms with E-state index in [0.29, 0.717) is 18.3 Å². The molecule has 30 heavy (non-hydrogen) atoms. The normalized spacial score (nSPS) is 10.8. The molecule has 0 atom stereocenters. The van der Waals surface area contributed by atoms with Gasteiger partial charge in [0, 0.05) is 18.7 Å². The van der Waals surface area contributed by atoms with Crippen molar-refractivity contribution < 1.29 is 9.53 Å². The number of aryl methyl sites for hydroxylation is 1. The second-order valence-corrected chi connectivity index (χ2v) is 7.84. The number of halogens is 1. The topological polar surface area (TPSA) is 45.7 Å². The smallest absolute Gasteiger partial charge is 0.260 e. The number of benzene rings is 2. The number of anilines is 1. The van der Waals surface area contributed by atoms with Gasteiger partial charge in [-0.05, 0) is 50.7 Å². The van der Waals surface area contributed by atoms with Crippen molar-refractivity contribution in [3.05, 3.63) is 53.6 Å². The molecule has 0 bridgehead atoms. The van der Waals surface area contributed by atoms with Crippen LogP contribution in [0.1, 0.15) is 36.7 Å². The molecule has 0 fully saturated rings. The van der Waals surface area contributed by atoms with E-state index in [0.717, 1.165) is 46.7 Å². The van der Waals surface area contributed by atoms with Gasteiger partial charge in [-0.3, -0.25) is 9.69 Å². The van der Waals surface area contributed by atoms with E-state index in [1.807, 2.05) is 61.2 Å². The molecule has 7 heteroatoms. The van der Waals surface area contributed by atoms with Gasteiger partial charge in [0.05, 0.1) is 11.3 Å². The quantitative estimate of drug-likeness (QED) is 0.439. The Balaban J connectivity index is 0.00000320. The van der Waals surface area contributed by atoms with Crippen molar-refractivity contribution in [3.63, 3.8) is 0 Å². The average Bonchev–Trinajstić information content (AvgIpc) is 3.16. The molecule has 0 saturated heterocycles. The molecule has 0 saturated carbocycles. The molecule has 1 heterocycles. The van der Waals surface area contributed by atoms with E-state index >= 15 is 0 Å². The largest absolute Gasteiger partial charge is 0.492 e. The monoisotopic (exact) mass is 447 g/mol. The Bertz CT molecular complexity index is 972. The minimum atomic E-state index is -0.00716. The van der Waals surface area contributed by atoms with Gasteiger partial charge in [-0.2, -0.15) is 0 Å². The number of thiazole rings is 1. The molecule has 2 aromatic carbocycles. The molecule has 1 aromatic heterocycles. The first-order valence-corrected chi connectivity index (χ1v) is 11.0. The number of carbonyl (C=O) groups is 1. The predicted molar refractivity (Wildman–Crippen MR) is 129 cm³/mol. The molecule has 0 aliphatic rings.